The minimum Gasteiger partial charge on any atom is -0.326 e. The second-order valence-corrected chi connectivity index (χ2v) is 3.57. The molecule has 6 heteroatoms. The van der Waals surface area contributed by atoms with Gasteiger partial charge in [0, 0.05) is 18.4 Å². The second-order valence-electron chi connectivity index (χ2n) is 3.57. The molecule has 0 unspecified atom stereocenters. The van der Waals surface area contributed by atoms with E-state index in [0.29, 0.717) is 12.1 Å². The van der Waals surface area contributed by atoms with Crippen molar-refractivity contribution in [3.05, 3.63) is 23.8 Å². The van der Waals surface area contributed by atoms with E-state index in [-0.39, 0.29) is 5.91 Å². The molecule has 6 nitrogen and oxygen atoms in total. The third kappa shape index (κ3) is 1.70. The van der Waals surface area contributed by atoms with Gasteiger partial charge in [-0.1, -0.05) is 0 Å². The summed E-state index contributed by atoms with van der Waals surface area (Å²) in [4.78, 5) is 23.8. The lowest BCUT2D eigenvalue weighted by Gasteiger charge is -2.16. The monoisotopic (exact) mass is 220 g/mol. The van der Waals surface area contributed by atoms with Gasteiger partial charge in [-0.2, -0.15) is 0 Å². The van der Waals surface area contributed by atoms with Gasteiger partial charge in [0.05, 0.1) is 6.42 Å². The number of fused-ring (bicyclic) bond motifs is 1. The maximum absolute atomic E-state index is 11.3. The Morgan fingerprint density at radius 2 is 2.31 bits per heavy atom. The summed E-state index contributed by atoms with van der Waals surface area (Å²) in [5.74, 6) is 5.01. The number of nitrogens with two attached hydrogens (primary N) is 1. The summed E-state index contributed by atoms with van der Waals surface area (Å²) in [5.41, 5.74) is 4.43. The van der Waals surface area contributed by atoms with Crippen molar-refractivity contribution in [2.24, 2.45) is 5.84 Å². The van der Waals surface area contributed by atoms with E-state index < -0.39 is 6.03 Å². The van der Waals surface area contributed by atoms with E-state index in [2.05, 4.69) is 5.32 Å². The van der Waals surface area contributed by atoms with Gasteiger partial charge in [0.2, 0.25) is 5.91 Å². The smallest absolute Gasteiger partial charge is 0.326 e. The van der Waals surface area contributed by atoms with Gasteiger partial charge in [0.25, 0.3) is 0 Å². The van der Waals surface area contributed by atoms with E-state index in [1.807, 2.05) is 5.43 Å². The van der Waals surface area contributed by atoms with Crippen molar-refractivity contribution in [3.63, 3.8) is 0 Å². The fourth-order valence-electron chi connectivity index (χ4n) is 1.64. The van der Waals surface area contributed by atoms with Crippen molar-refractivity contribution in [3.8, 4) is 0 Å². The highest BCUT2D eigenvalue weighted by molar-refractivity contribution is 6.00. The zero-order valence-electron chi connectivity index (χ0n) is 8.78. The van der Waals surface area contributed by atoms with E-state index in [1.165, 1.54) is 4.90 Å². The summed E-state index contributed by atoms with van der Waals surface area (Å²) in [5, 5.41) is 2.72. The highest BCUT2D eigenvalue weighted by atomic mass is 16.2. The molecule has 0 atom stereocenters. The molecule has 1 aromatic carbocycles. The Balaban J connectivity index is 2.29. The number of nitrogens with one attached hydrogen (secondary N) is 2. The number of benzene rings is 1. The minimum atomic E-state index is -0.405. The van der Waals surface area contributed by atoms with Gasteiger partial charge in [-0.3, -0.25) is 15.1 Å². The quantitative estimate of drug-likeness (QED) is 0.359. The summed E-state index contributed by atoms with van der Waals surface area (Å²) in [6.45, 7) is 0. The molecule has 1 aliphatic heterocycles. The van der Waals surface area contributed by atoms with Crippen LogP contribution in [0.5, 0.6) is 0 Å². The predicted octanol–water partition coefficient (Wildman–Crippen LogP) is 0.201. The van der Waals surface area contributed by atoms with Crippen molar-refractivity contribution in [1.82, 2.24) is 5.43 Å². The lowest BCUT2D eigenvalue weighted by Crippen LogP contribution is -2.41. The van der Waals surface area contributed by atoms with Crippen LogP contribution in [-0.4, -0.2) is 19.0 Å². The molecule has 0 bridgehead atoms. The molecule has 84 valence electrons. The van der Waals surface area contributed by atoms with E-state index in [0.717, 1.165) is 11.3 Å². The van der Waals surface area contributed by atoms with Crippen molar-refractivity contribution in [2.45, 2.75) is 6.42 Å². The number of hydrogen-bond donors (Lipinski definition) is 3. The average Bonchev–Trinajstić information content (AvgIpc) is 2.65. The van der Waals surface area contributed by atoms with Gasteiger partial charge < -0.3 is 5.32 Å². The zero-order valence-corrected chi connectivity index (χ0v) is 8.78. The first-order valence-electron chi connectivity index (χ1n) is 4.79. The highest BCUT2D eigenvalue weighted by Gasteiger charge is 2.19. The zero-order chi connectivity index (χ0) is 11.7. The van der Waals surface area contributed by atoms with E-state index in [1.54, 1.807) is 25.2 Å². The molecule has 16 heavy (non-hydrogen) atoms. The number of carbonyl (C=O) groups is 2. The fourth-order valence-corrected chi connectivity index (χ4v) is 1.64. The molecule has 1 heterocycles. The number of amides is 3. The first-order valence-corrected chi connectivity index (χ1v) is 4.79. The van der Waals surface area contributed by atoms with Crippen LogP contribution in [0.4, 0.5) is 16.2 Å². The summed E-state index contributed by atoms with van der Waals surface area (Å²) in [6.07, 6.45) is 0.348. The second kappa shape index (κ2) is 3.82. The molecule has 3 amide bonds. The maximum atomic E-state index is 11.3. The SMILES string of the molecule is CN(C(=O)NN)c1ccc2c(c1)CC(=O)N2. The van der Waals surface area contributed by atoms with E-state index in [4.69, 9.17) is 5.84 Å². The molecule has 0 saturated carbocycles. The average molecular weight is 220 g/mol. The summed E-state index contributed by atoms with van der Waals surface area (Å²) < 4.78 is 0. The number of nitrogens with zero attached hydrogens (tertiary/aromatic N) is 1. The molecule has 0 radical (unpaired) electrons. The third-order valence-electron chi connectivity index (χ3n) is 2.53. The topological polar surface area (TPSA) is 87.5 Å². The van der Waals surface area contributed by atoms with Gasteiger partial charge in [0.1, 0.15) is 0 Å². The van der Waals surface area contributed by atoms with Crippen LogP contribution in [-0.2, 0) is 11.2 Å². The summed E-state index contributed by atoms with van der Waals surface area (Å²) in [6, 6.07) is 4.91. The first kappa shape index (κ1) is 10.4. The van der Waals surface area contributed by atoms with Gasteiger partial charge in [-0.25, -0.2) is 10.6 Å². The Morgan fingerprint density at radius 1 is 1.56 bits per heavy atom. The van der Waals surface area contributed by atoms with Crippen molar-refractivity contribution in [2.75, 3.05) is 17.3 Å². The number of hydrogen-bond acceptors (Lipinski definition) is 3. The fraction of sp³-hybridized carbons (Fsp3) is 0.200. The first-order chi connectivity index (χ1) is 7.61. The molecule has 0 aromatic heterocycles. The molecular formula is C10H12N4O2. The summed E-state index contributed by atoms with van der Waals surface area (Å²) >= 11 is 0. The number of carbonyl (C=O) groups excluding carboxylic acids is 2. The Hall–Kier alpha value is -2.08. The van der Waals surface area contributed by atoms with E-state index >= 15 is 0 Å². The highest BCUT2D eigenvalue weighted by Crippen LogP contribution is 2.27. The largest absolute Gasteiger partial charge is 0.335 e. The lowest BCUT2D eigenvalue weighted by molar-refractivity contribution is -0.115. The lowest BCUT2D eigenvalue weighted by atomic mass is 10.1. The number of urea groups is 1. The molecule has 1 aliphatic rings. The van der Waals surface area contributed by atoms with Crippen LogP contribution in [0.3, 0.4) is 0 Å². The van der Waals surface area contributed by atoms with Crippen LogP contribution >= 0.6 is 0 Å². The van der Waals surface area contributed by atoms with Gasteiger partial charge >= 0.3 is 6.03 Å². The third-order valence-corrected chi connectivity index (χ3v) is 2.53. The summed E-state index contributed by atoms with van der Waals surface area (Å²) in [7, 11) is 1.61. The molecule has 0 spiro atoms. The van der Waals surface area contributed by atoms with Crippen LogP contribution in [0.15, 0.2) is 18.2 Å². The van der Waals surface area contributed by atoms with Crippen LogP contribution in [0.1, 0.15) is 5.56 Å². The van der Waals surface area contributed by atoms with Crippen molar-refractivity contribution in [1.29, 1.82) is 0 Å². The molecule has 4 N–H and O–H groups in total. The van der Waals surface area contributed by atoms with Crippen LogP contribution < -0.4 is 21.5 Å². The number of rotatable bonds is 1. The van der Waals surface area contributed by atoms with Gasteiger partial charge in [-0.05, 0) is 23.8 Å². The normalized spacial score (nSPS) is 13.0. The Labute approximate surface area is 92.4 Å². The van der Waals surface area contributed by atoms with Crippen LogP contribution in [0.2, 0.25) is 0 Å². The maximum Gasteiger partial charge on any atom is 0.335 e. The molecule has 0 fully saturated rings. The Bertz CT molecular complexity index is 458. The van der Waals surface area contributed by atoms with Crippen LogP contribution in [0, 0.1) is 0 Å². The van der Waals surface area contributed by atoms with Crippen LogP contribution in [0.25, 0.3) is 0 Å². The predicted molar refractivity (Wildman–Crippen MR) is 59.9 cm³/mol. The van der Waals surface area contributed by atoms with Gasteiger partial charge in [-0.15, -0.1) is 0 Å². The Morgan fingerprint density at radius 3 is 3.00 bits per heavy atom. The molecular weight excluding hydrogens is 208 g/mol. The number of anilines is 2. The molecule has 0 aliphatic carbocycles. The minimum absolute atomic E-state index is 0.0296. The molecule has 0 saturated heterocycles. The standard InChI is InChI=1S/C10H12N4O2/c1-14(10(16)13-11)7-2-3-8-6(4-7)5-9(15)12-8/h2-4H,5,11H2,1H3,(H,12,15)(H,13,16). The van der Waals surface area contributed by atoms with Crippen molar-refractivity contribution < 1.29 is 9.59 Å². The Kier molecular flexibility index (Phi) is 2.49. The van der Waals surface area contributed by atoms with E-state index in [9.17, 15) is 9.59 Å². The van der Waals surface area contributed by atoms with Gasteiger partial charge in [0.15, 0.2) is 0 Å². The molecule has 2 rings (SSSR count). The van der Waals surface area contributed by atoms with Crippen molar-refractivity contribution >= 4 is 23.3 Å². The molecule has 1 aromatic rings. The number of hydrazine groups is 1.